The predicted octanol–water partition coefficient (Wildman–Crippen LogP) is 3.23. The van der Waals surface area contributed by atoms with Gasteiger partial charge >= 0.3 is 6.36 Å². The molecule has 0 unspecified atom stereocenters. The second-order valence-electron chi connectivity index (χ2n) is 3.60. The largest absolute Gasteiger partial charge is 0.573 e. The summed E-state index contributed by atoms with van der Waals surface area (Å²) in [4.78, 5) is 6.61. The van der Waals surface area contributed by atoms with E-state index in [0.717, 1.165) is 0 Å². The van der Waals surface area contributed by atoms with Crippen LogP contribution in [0, 0.1) is 0 Å². The fraction of sp³-hybridized carbons (Fsp3) is 0.182. The number of nitrogens with zero attached hydrogens (tertiary/aromatic N) is 1. The van der Waals surface area contributed by atoms with Gasteiger partial charge < -0.3 is 14.8 Å². The monoisotopic (exact) mass is 336 g/mol. The molecule has 0 saturated carbocycles. The Kier molecular flexibility index (Phi) is 3.81. The number of rotatable bonds is 3. The van der Waals surface area contributed by atoms with E-state index >= 15 is 0 Å². The minimum absolute atomic E-state index is 0.145. The van der Waals surface area contributed by atoms with Gasteiger partial charge in [0.25, 0.3) is 0 Å². The highest BCUT2D eigenvalue weighted by molar-refractivity contribution is 9.10. The predicted molar refractivity (Wildman–Crippen MR) is 64.3 cm³/mol. The lowest BCUT2D eigenvalue weighted by Gasteiger charge is -2.12. The Hall–Kier alpha value is -1.54. The molecular weight excluding hydrogens is 329 g/mol. The molecule has 0 radical (unpaired) electrons. The third-order valence-corrected chi connectivity index (χ3v) is 2.71. The highest BCUT2D eigenvalue weighted by atomic mass is 79.9. The summed E-state index contributed by atoms with van der Waals surface area (Å²) in [6.07, 6.45) is -3.44. The number of imidazole rings is 1. The van der Waals surface area contributed by atoms with Crippen molar-refractivity contribution in [2.24, 2.45) is 0 Å². The van der Waals surface area contributed by atoms with Crippen molar-refractivity contribution in [1.29, 1.82) is 0 Å². The van der Waals surface area contributed by atoms with Gasteiger partial charge in [-0.1, -0.05) is 15.9 Å². The Morgan fingerprint density at radius 3 is 2.68 bits per heavy atom. The minimum atomic E-state index is -4.78. The van der Waals surface area contributed by atoms with Gasteiger partial charge in [-0.15, -0.1) is 13.2 Å². The molecule has 4 nitrogen and oxygen atoms in total. The number of ether oxygens (including phenoxy) is 1. The van der Waals surface area contributed by atoms with Crippen molar-refractivity contribution in [3.8, 4) is 17.1 Å². The van der Waals surface area contributed by atoms with Crippen LogP contribution in [0.15, 0.2) is 28.9 Å². The second-order valence-corrected chi connectivity index (χ2v) is 4.52. The Morgan fingerprint density at radius 1 is 1.37 bits per heavy atom. The number of aliphatic hydroxyl groups excluding tert-OH is 1. The summed E-state index contributed by atoms with van der Waals surface area (Å²) in [5, 5.41) is 8.92. The number of aliphatic hydroxyl groups is 1. The van der Waals surface area contributed by atoms with Crippen LogP contribution in [-0.2, 0) is 6.61 Å². The summed E-state index contributed by atoms with van der Waals surface area (Å²) in [6.45, 7) is -0.281. The minimum Gasteiger partial charge on any atom is -0.405 e. The van der Waals surface area contributed by atoms with Crippen LogP contribution < -0.4 is 4.74 Å². The van der Waals surface area contributed by atoms with Crippen LogP contribution in [0.1, 0.15) is 5.69 Å². The number of aromatic nitrogens is 2. The lowest BCUT2D eigenvalue weighted by molar-refractivity contribution is -0.274. The summed E-state index contributed by atoms with van der Waals surface area (Å²) in [5.74, 6) is -0.181. The highest BCUT2D eigenvalue weighted by Gasteiger charge is 2.32. The van der Waals surface area contributed by atoms with Crippen molar-refractivity contribution in [2.45, 2.75) is 13.0 Å². The van der Waals surface area contributed by atoms with Crippen LogP contribution in [0.3, 0.4) is 0 Å². The van der Waals surface area contributed by atoms with Gasteiger partial charge in [-0.25, -0.2) is 4.98 Å². The van der Waals surface area contributed by atoms with Crippen LogP contribution >= 0.6 is 15.9 Å². The van der Waals surface area contributed by atoms with Gasteiger partial charge in [-0.2, -0.15) is 0 Å². The third kappa shape index (κ3) is 3.48. The Morgan fingerprint density at radius 2 is 2.11 bits per heavy atom. The maximum absolute atomic E-state index is 12.3. The van der Waals surface area contributed by atoms with Crippen LogP contribution in [0.5, 0.6) is 5.75 Å². The molecule has 1 heterocycles. The third-order valence-electron chi connectivity index (χ3n) is 2.22. The average molecular weight is 337 g/mol. The molecule has 2 aromatic rings. The van der Waals surface area contributed by atoms with Gasteiger partial charge in [-0.05, 0) is 18.2 Å². The number of H-pyrrole nitrogens is 1. The fourth-order valence-electron chi connectivity index (χ4n) is 1.48. The van der Waals surface area contributed by atoms with Gasteiger partial charge in [0.05, 0.1) is 24.1 Å². The van der Waals surface area contributed by atoms with E-state index in [1.165, 1.54) is 24.4 Å². The molecule has 0 amide bonds. The molecule has 0 atom stereocenters. The fourth-order valence-corrected chi connectivity index (χ4v) is 1.84. The van der Waals surface area contributed by atoms with Crippen molar-refractivity contribution in [1.82, 2.24) is 9.97 Å². The number of nitrogens with one attached hydrogen (secondary N) is 1. The first kappa shape index (κ1) is 13.9. The van der Waals surface area contributed by atoms with E-state index in [1.807, 2.05) is 0 Å². The van der Waals surface area contributed by atoms with Crippen molar-refractivity contribution < 1.29 is 23.0 Å². The number of benzene rings is 1. The summed E-state index contributed by atoms with van der Waals surface area (Å²) < 4.78 is 41.4. The Balaban J connectivity index is 2.45. The molecule has 102 valence electrons. The molecule has 0 aliphatic carbocycles. The van der Waals surface area contributed by atoms with E-state index in [4.69, 9.17) is 5.11 Å². The van der Waals surface area contributed by atoms with Crippen molar-refractivity contribution in [3.63, 3.8) is 0 Å². The maximum Gasteiger partial charge on any atom is 0.573 e. The maximum atomic E-state index is 12.3. The van der Waals surface area contributed by atoms with Crippen LogP contribution in [0.25, 0.3) is 11.4 Å². The van der Waals surface area contributed by atoms with Gasteiger partial charge in [-0.3, -0.25) is 0 Å². The zero-order valence-corrected chi connectivity index (χ0v) is 10.9. The number of hydrogen-bond donors (Lipinski definition) is 2. The van der Waals surface area contributed by atoms with Gasteiger partial charge in [0, 0.05) is 4.47 Å². The van der Waals surface area contributed by atoms with Crippen LogP contribution in [0.2, 0.25) is 0 Å². The second kappa shape index (κ2) is 5.22. The summed E-state index contributed by atoms with van der Waals surface area (Å²) >= 11 is 3.17. The molecular formula is C11H8BrF3N2O2. The topological polar surface area (TPSA) is 58.1 Å². The number of halogens is 4. The molecule has 19 heavy (non-hydrogen) atoms. The Bertz CT molecular complexity index is 584. The molecule has 0 fully saturated rings. The first-order valence-electron chi connectivity index (χ1n) is 5.09. The van der Waals surface area contributed by atoms with Crippen molar-refractivity contribution >= 4 is 15.9 Å². The van der Waals surface area contributed by atoms with E-state index in [-0.39, 0.29) is 23.7 Å². The van der Waals surface area contributed by atoms with Gasteiger partial charge in [0.1, 0.15) is 11.6 Å². The number of hydrogen-bond acceptors (Lipinski definition) is 3. The Labute approximate surface area is 114 Å². The number of alkyl halides is 3. The smallest absolute Gasteiger partial charge is 0.405 e. The SMILES string of the molecule is OCc1cnc(-c2cc(Br)ccc2OC(F)(F)F)[nH]1. The average Bonchev–Trinajstić information content (AvgIpc) is 2.78. The molecule has 1 aromatic carbocycles. The van der Waals surface area contributed by atoms with E-state index in [1.54, 1.807) is 0 Å². The first-order chi connectivity index (χ1) is 8.89. The molecule has 8 heteroatoms. The molecule has 1 aromatic heterocycles. The van der Waals surface area contributed by atoms with Crippen LogP contribution in [0.4, 0.5) is 13.2 Å². The molecule has 2 rings (SSSR count). The van der Waals surface area contributed by atoms with E-state index in [2.05, 4.69) is 30.6 Å². The standard InChI is InChI=1S/C11H8BrF3N2O2/c12-6-1-2-9(19-11(13,14)15)8(3-6)10-16-4-7(5-18)17-10/h1-4,18H,5H2,(H,16,17). The molecule has 2 N–H and O–H groups in total. The molecule has 0 aliphatic rings. The molecule has 0 spiro atoms. The number of aromatic amines is 1. The highest BCUT2D eigenvalue weighted by Crippen LogP contribution is 2.34. The quantitative estimate of drug-likeness (QED) is 0.904. The zero-order chi connectivity index (χ0) is 14.0. The zero-order valence-electron chi connectivity index (χ0n) is 9.33. The summed E-state index contributed by atoms with van der Waals surface area (Å²) in [6, 6.07) is 4.07. The van der Waals surface area contributed by atoms with Crippen LogP contribution in [-0.4, -0.2) is 21.4 Å². The lowest BCUT2D eigenvalue weighted by Crippen LogP contribution is -2.17. The van der Waals surface area contributed by atoms with Crippen molar-refractivity contribution in [3.05, 3.63) is 34.6 Å². The summed E-state index contributed by atoms with van der Waals surface area (Å²) in [7, 11) is 0. The van der Waals surface area contributed by atoms with Crippen molar-refractivity contribution in [2.75, 3.05) is 0 Å². The van der Waals surface area contributed by atoms with Gasteiger partial charge in [0.15, 0.2) is 0 Å². The first-order valence-corrected chi connectivity index (χ1v) is 5.89. The molecule has 0 saturated heterocycles. The van der Waals surface area contributed by atoms with E-state index < -0.39 is 6.36 Å². The van der Waals surface area contributed by atoms with Gasteiger partial charge in [0.2, 0.25) is 0 Å². The molecule has 0 aliphatic heterocycles. The lowest BCUT2D eigenvalue weighted by atomic mass is 10.2. The van der Waals surface area contributed by atoms with E-state index in [9.17, 15) is 13.2 Å². The van der Waals surface area contributed by atoms with E-state index in [0.29, 0.717) is 10.2 Å². The molecule has 0 bridgehead atoms. The summed E-state index contributed by atoms with van der Waals surface area (Å²) in [5.41, 5.74) is 0.541. The normalized spacial score (nSPS) is 11.6.